The van der Waals surface area contributed by atoms with E-state index in [1.807, 2.05) is 20.8 Å². The second-order valence-corrected chi connectivity index (χ2v) is 5.70. The zero-order valence-corrected chi connectivity index (χ0v) is 11.5. The number of likely N-dealkylation sites (N-methyl/N-ethyl adjacent to an activating group) is 1. The van der Waals surface area contributed by atoms with Gasteiger partial charge in [-0.05, 0) is 23.1 Å². The van der Waals surface area contributed by atoms with Crippen LogP contribution in [-0.4, -0.2) is 29.0 Å². The van der Waals surface area contributed by atoms with E-state index in [-0.39, 0.29) is 17.1 Å². The molecule has 3 N–H and O–H groups in total. The molecule has 1 atom stereocenters. The molecule has 1 aromatic carbocycles. The number of benzene rings is 1. The molecule has 1 aromatic rings. The van der Waals surface area contributed by atoms with E-state index in [0.717, 1.165) is 5.56 Å². The quantitative estimate of drug-likeness (QED) is 0.858. The van der Waals surface area contributed by atoms with Gasteiger partial charge in [-0.1, -0.05) is 32.9 Å². The van der Waals surface area contributed by atoms with Crippen LogP contribution in [0.3, 0.4) is 0 Å². The van der Waals surface area contributed by atoms with Gasteiger partial charge >= 0.3 is 0 Å². The van der Waals surface area contributed by atoms with E-state index in [0.29, 0.717) is 6.54 Å². The summed E-state index contributed by atoms with van der Waals surface area (Å²) < 4.78 is 0. The molecule has 0 aliphatic heterocycles. The van der Waals surface area contributed by atoms with Crippen LogP contribution in [0.2, 0.25) is 0 Å². The highest BCUT2D eigenvalue weighted by Gasteiger charge is 2.29. The van der Waals surface area contributed by atoms with Crippen molar-refractivity contribution in [3.8, 4) is 5.75 Å². The highest BCUT2D eigenvalue weighted by atomic mass is 16.3. The van der Waals surface area contributed by atoms with Crippen LogP contribution < -0.4 is 5.73 Å². The Morgan fingerprint density at radius 1 is 1.33 bits per heavy atom. The molecule has 0 radical (unpaired) electrons. The van der Waals surface area contributed by atoms with Crippen molar-refractivity contribution in [1.29, 1.82) is 0 Å². The van der Waals surface area contributed by atoms with Crippen molar-refractivity contribution in [2.75, 3.05) is 7.05 Å². The Hall–Kier alpha value is -1.55. The molecule has 0 saturated carbocycles. The first-order chi connectivity index (χ1) is 8.21. The van der Waals surface area contributed by atoms with Crippen molar-refractivity contribution < 1.29 is 9.90 Å². The van der Waals surface area contributed by atoms with Crippen LogP contribution in [0.1, 0.15) is 26.3 Å². The third-order valence-electron chi connectivity index (χ3n) is 2.93. The lowest BCUT2D eigenvalue weighted by molar-refractivity contribution is -0.134. The maximum Gasteiger partial charge on any atom is 0.240 e. The number of phenols is 1. The summed E-state index contributed by atoms with van der Waals surface area (Å²) >= 11 is 0. The monoisotopic (exact) mass is 250 g/mol. The Morgan fingerprint density at radius 2 is 1.83 bits per heavy atom. The van der Waals surface area contributed by atoms with Crippen molar-refractivity contribution in [1.82, 2.24) is 4.90 Å². The Bertz CT molecular complexity index is 407. The minimum atomic E-state index is -0.514. The molecular weight excluding hydrogens is 228 g/mol. The Labute approximate surface area is 108 Å². The maximum absolute atomic E-state index is 12.1. The minimum absolute atomic E-state index is 0.0735. The molecule has 0 spiro atoms. The van der Waals surface area contributed by atoms with Gasteiger partial charge in [0.2, 0.25) is 5.91 Å². The van der Waals surface area contributed by atoms with Crippen LogP contribution in [-0.2, 0) is 11.3 Å². The predicted octanol–water partition coefficient (Wildman–Crippen LogP) is 1.72. The van der Waals surface area contributed by atoms with Crippen molar-refractivity contribution in [3.05, 3.63) is 29.8 Å². The smallest absolute Gasteiger partial charge is 0.240 e. The van der Waals surface area contributed by atoms with E-state index in [1.165, 1.54) is 0 Å². The fourth-order valence-corrected chi connectivity index (χ4v) is 1.56. The number of hydrogen-bond acceptors (Lipinski definition) is 3. The Kier molecular flexibility index (Phi) is 4.35. The minimum Gasteiger partial charge on any atom is -0.508 e. The van der Waals surface area contributed by atoms with E-state index < -0.39 is 6.04 Å². The maximum atomic E-state index is 12.1. The van der Waals surface area contributed by atoms with Crippen LogP contribution in [0.5, 0.6) is 5.75 Å². The third-order valence-corrected chi connectivity index (χ3v) is 2.93. The molecule has 0 unspecified atom stereocenters. The molecule has 0 fully saturated rings. The summed E-state index contributed by atoms with van der Waals surface area (Å²) in [5.41, 5.74) is 6.65. The summed E-state index contributed by atoms with van der Waals surface area (Å²) in [5.74, 6) is 0.148. The zero-order chi connectivity index (χ0) is 13.9. The summed E-state index contributed by atoms with van der Waals surface area (Å²) in [4.78, 5) is 13.7. The highest BCUT2D eigenvalue weighted by Crippen LogP contribution is 2.19. The van der Waals surface area contributed by atoms with Gasteiger partial charge < -0.3 is 15.7 Å². The average molecular weight is 250 g/mol. The predicted molar refractivity (Wildman–Crippen MR) is 72.0 cm³/mol. The summed E-state index contributed by atoms with van der Waals surface area (Å²) in [7, 11) is 1.74. The fourth-order valence-electron chi connectivity index (χ4n) is 1.56. The van der Waals surface area contributed by atoms with Crippen molar-refractivity contribution in [2.45, 2.75) is 33.4 Å². The molecule has 0 aliphatic carbocycles. The number of nitrogens with zero attached hydrogens (tertiary/aromatic N) is 1. The molecule has 0 heterocycles. The second-order valence-electron chi connectivity index (χ2n) is 5.70. The van der Waals surface area contributed by atoms with Gasteiger partial charge in [0.15, 0.2) is 0 Å². The van der Waals surface area contributed by atoms with E-state index in [1.54, 1.807) is 36.2 Å². The number of nitrogens with two attached hydrogens (primary N) is 1. The number of phenolic OH excluding ortho intramolecular Hbond substituents is 1. The van der Waals surface area contributed by atoms with E-state index in [2.05, 4.69) is 0 Å². The molecule has 100 valence electrons. The van der Waals surface area contributed by atoms with Gasteiger partial charge in [-0.2, -0.15) is 0 Å². The first-order valence-electron chi connectivity index (χ1n) is 6.00. The number of carbonyl (C=O) groups excluding carboxylic acids is 1. The number of carbonyl (C=O) groups is 1. The van der Waals surface area contributed by atoms with Crippen LogP contribution in [0.25, 0.3) is 0 Å². The van der Waals surface area contributed by atoms with Gasteiger partial charge in [-0.15, -0.1) is 0 Å². The molecule has 18 heavy (non-hydrogen) atoms. The second kappa shape index (κ2) is 5.40. The normalized spacial score (nSPS) is 13.2. The first kappa shape index (κ1) is 14.5. The summed E-state index contributed by atoms with van der Waals surface area (Å²) in [6, 6.07) is 6.29. The van der Waals surface area contributed by atoms with Gasteiger partial charge in [0.1, 0.15) is 5.75 Å². The van der Waals surface area contributed by atoms with Gasteiger partial charge in [0.25, 0.3) is 0 Å². The van der Waals surface area contributed by atoms with Gasteiger partial charge in [0, 0.05) is 13.6 Å². The van der Waals surface area contributed by atoms with Gasteiger partial charge in [-0.25, -0.2) is 0 Å². The zero-order valence-electron chi connectivity index (χ0n) is 11.5. The lowest BCUT2D eigenvalue weighted by Gasteiger charge is -2.30. The Morgan fingerprint density at radius 3 is 2.28 bits per heavy atom. The lowest BCUT2D eigenvalue weighted by atomic mass is 9.86. The van der Waals surface area contributed by atoms with Crippen LogP contribution >= 0.6 is 0 Å². The molecule has 4 heteroatoms. The summed E-state index contributed by atoms with van der Waals surface area (Å²) in [5, 5.41) is 9.19. The highest BCUT2D eigenvalue weighted by molar-refractivity contribution is 5.82. The van der Waals surface area contributed by atoms with Gasteiger partial charge in [0.05, 0.1) is 6.04 Å². The fraction of sp³-hybridized carbons (Fsp3) is 0.500. The summed E-state index contributed by atoms with van der Waals surface area (Å²) in [6.07, 6.45) is 0. The molecular formula is C14H22N2O2. The van der Waals surface area contributed by atoms with Crippen molar-refractivity contribution in [3.63, 3.8) is 0 Å². The molecule has 0 saturated heterocycles. The molecule has 0 bridgehead atoms. The first-order valence-corrected chi connectivity index (χ1v) is 6.00. The third kappa shape index (κ3) is 3.74. The molecule has 4 nitrogen and oxygen atoms in total. The van der Waals surface area contributed by atoms with E-state index in [9.17, 15) is 9.90 Å². The SMILES string of the molecule is CN(Cc1ccc(O)cc1)C(=O)[C@@H](N)C(C)(C)C. The summed E-state index contributed by atoms with van der Waals surface area (Å²) in [6.45, 7) is 6.33. The molecule has 0 aliphatic rings. The largest absolute Gasteiger partial charge is 0.508 e. The van der Waals surface area contributed by atoms with E-state index in [4.69, 9.17) is 5.73 Å². The van der Waals surface area contributed by atoms with E-state index >= 15 is 0 Å². The number of amides is 1. The number of hydrogen-bond donors (Lipinski definition) is 2. The van der Waals surface area contributed by atoms with Crippen LogP contribution in [0.4, 0.5) is 0 Å². The Balaban J connectivity index is 2.68. The molecule has 0 aromatic heterocycles. The van der Waals surface area contributed by atoms with Crippen LogP contribution in [0.15, 0.2) is 24.3 Å². The van der Waals surface area contributed by atoms with Crippen molar-refractivity contribution >= 4 is 5.91 Å². The standard InChI is InChI=1S/C14H22N2O2/c1-14(2,3)12(15)13(18)16(4)9-10-5-7-11(17)8-6-10/h5-8,12,17H,9,15H2,1-4H3/t12-/m1/s1. The van der Waals surface area contributed by atoms with Crippen molar-refractivity contribution in [2.24, 2.45) is 11.1 Å². The van der Waals surface area contributed by atoms with Gasteiger partial charge in [-0.3, -0.25) is 4.79 Å². The average Bonchev–Trinajstić information content (AvgIpc) is 2.29. The number of rotatable bonds is 3. The molecule has 1 rings (SSSR count). The lowest BCUT2D eigenvalue weighted by Crippen LogP contribution is -2.48. The molecule has 1 amide bonds. The van der Waals surface area contributed by atoms with Crippen LogP contribution in [0, 0.1) is 5.41 Å². The topological polar surface area (TPSA) is 66.6 Å². The number of aromatic hydroxyl groups is 1.